The van der Waals surface area contributed by atoms with Crippen molar-refractivity contribution in [1.82, 2.24) is 10.6 Å². The summed E-state index contributed by atoms with van der Waals surface area (Å²) in [7, 11) is 0. The summed E-state index contributed by atoms with van der Waals surface area (Å²) < 4.78 is 5.16. The molecule has 1 unspecified atom stereocenters. The number of ether oxygens (including phenoxy) is 1. The van der Waals surface area contributed by atoms with Crippen LogP contribution >= 0.6 is 0 Å². The minimum atomic E-state index is -1.19. The van der Waals surface area contributed by atoms with E-state index in [0.29, 0.717) is 26.1 Å². The normalized spacial score (nSPS) is 25.6. The lowest BCUT2D eigenvalue weighted by Gasteiger charge is -2.34. The second kappa shape index (κ2) is 6.06. The van der Waals surface area contributed by atoms with Crippen LogP contribution in [0, 0.1) is 0 Å². The Morgan fingerprint density at radius 2 is 2.00 bits per heavy atom. The maximum atomic E-state index is 11.9. The number of amides is 2. The van der Waals surface area contributed by atoms with Crippen LogP contribution in [0.25, 0.3) is 0 Å². The molecule has 0 spiro atoms. The van der Waals surface area contributed by atoms with Crippen LogP contribution in [0.2, 0.25) is 0 Å². The third-order valence-electron chi connectivity index (χ3n) is 3.71. The van der Waals surface area contributed by atoms with Crippen molar-refractivity contribution in [2.75, 3.05) is 13.2 Å². The highest BCUT2D eigenvalue weighted by atomic mass is 16.5. The summed E-state index contributed by atoms with van der Waals surface area (Å²) in [4.78, 5) is 23.3. The molecule has 1 aliphatic carbocycles. The zero-order valence-electron chi connectivity index (χ0n) is 10.9. The van der Waals surface area contributed by atoms with Gasteiger partial charge in [-0.25, -0.2) is 9.59 Å². The Labute approximate surface area is 112 Å². The van der Waals surface area contributed by atoms with Gasteiger partial charge in [0.05, 0.1) is 0 Å². The zero-order chi connectivity index (χ0) is 13.7. The van der Waals surface area contributed by atoms with E-state index in [-0.39, 0.29) is 6.04 Å². The minimum absolute atomic E-state index is 0.0932. The largest absolute Gasteiger partial charge is 0.480 e. The molecule has 19 heavy (non-hydrogen) atoms. The topological polar surface area (TPSA) is 87.7 Å². The molecule has 0 saturated carbocycles. The van der Waals surface area contributed by atoms with Crippen molar-refractivity contribution >= 4 is 12.0 Å². The van der Waals surface area contributed by atoms with Gasteiger partial charge in [0.2, 0.25) is 0 Å². The zero-order valence-corrected chi connectivity index (χ0v) is 10.9. The summed E-state index contributed by atoms with van der Waals surface area (Å²) in [5.41, 5.74) is -1.19. The van der Waals surface area contributed by atoms with Crippen molar-refractivity contribution in [3.05, 3.63) is 12.2 Å². The predicted molar refractivity (Wildman–Crippen MR) is 68.9 cm³/mol. The van der Waals surface area contributed by atoms with Gasteiger partial charge >= 0.3 is 12.0 Å². The van der Waals surface area contributed by atoms with Gasteiger partial charge in [0.1, 0.15) is 5.54 Å². The van der Waals surface area contributed by atoms with Crippen LogP contribution in [0.5, 0.6) is 0 Å². The molecule has 1 aliphatic heterocycles. The Bertz CT molecular complexity index is 375. The fraction of sp³-hybridized carbons (Fsp3) is 0.692. The highest BCUT2D eigenvalue weighted by Crippen LogP contribution is 2.21. The molecular formula is C13H20N2O4. The van der Waals surface area contributed by atoms with E-state index in [9.17, 15) is 14.7 Å². The maximum absolute atomic E-state index is 11.9. The van der Waals surface area contributed by atoms with E-state index in [0.717, 1.165) is 19.3 Å². The molecule has 2 amide bonds. The highest BCUT2D eigenvalue weighted by Gasteiger charge is 2.41. The number of aliphatic carboxylic acids is 1. The van der Waals surface area contributed by atoms with Crippen LogP contribution < -0.4 is 10.6 Å². The van der Waals surface area contributed by atoms with E-state index < -0.39 is 17.5 Å². The first-order chi connectivity index (χ1) is 9.12. The Kier molecular flexibility index (Phi) is 4.42. The lowest BCUT2D eigenvalue weighted by molar-refractivity contribution is -0.148. The molecule has 106 valence electrons. The number of rotatable bonds is 3. The number of hydrogen-bond donors (Lipinski definition) is 3. The number of carboxylic acid groups (broad SMARTS) is 1. The molecule has 6 heteroatoms. The van der Waals surface area contributed by atoms with E-state index in [1.165, 1.54) is 0 Å². The van der Waals surface area contributed by atoms with Gasteiger partial charge < -0.3 is 20.5 Å². The van der Waals surface area contributed by atoms with Crippen LogP contribution in [-0.2, 0) is 9.53 Å². The van der Waals surface area contributed by atoms with Gasteiger partial charge in [-0.05, 0) is 19.3 Å². The average Bonchev–Trinajstić information content (AvgIpc) is 2.40. The Morgan fingerprint density at radius 3 is 2.58 bits per heavy atom. The van der Waals surface area contributed by atoms with Gasteiger partial charge in [0.25, 0.3) is 0 Å². The second-order valence-corrected chi connectivity index (χ2v) is 5.08. The summed E-state index contributed by atoms with van der Waals surface area (Å²) in [6.45, 7) is 0.720. The van der Waals surface area contributed by atoms with Crippen molar-refractivity contribution in [3.63, 3.8) is 0 Å². The molecule has 1 saturated heterocycles. The van der Waals surface area contributed by atoms with Gasteiger partial charge in [0.15, 0.2) is 0 Å². The van der Waals surface area contributed by atoms with Gasteiger partial charge in [-0.3, -0.25) is 0 Å². The lowest BCUT2D eigenvalue weighted by Crippen LogP contribution is -2.60. The Balaban J connectivity index is 1.91. The number of allylic oxidation sites excluding steroid dienone is 1. The first kappa shape index (κ1) is 13.9. The van der Waals surface area contributed by atoms with Crippen LogP contribution in [0.1, 0.15) is 32.1 Å². The van der Waals surface area contributed by atoms with Gasteiger partial charge in [-0.15, -0.1) is 0 Å². The van der Waals surface area contributed by atoms with E-state index in [1.807, 2.05) is 6.08 Å². The summed E-state index contributed by atoms with van der Waals surface area (Å²) >= 11 is 0. The standard InChI is InChI=1S/C13H20N2O4/c16-11(17)13(6-8-19-9-7-13)15-12(18)14-10-4-2-1-3-5-10/h1-2,10H,3-9H2,(H,16,17)(H2,14,15,18). The van der Waals surface area contributed by atoms with Crippen LogP contribution in [0.4, 0.5) is 4.79 Å². The summed E-state index contributed by atoms with van der Waals surface area (Å²) in [6, 6.07) is -0.305. The summed E-state index contributed by atoms with van der Waals surface area (Å²) in [5.74, 6) is -0.991. The van der Waals surface area contributed by atoms with Crippen molar-refractivity contribution in [2.24, 2.45) is 0 Å². The fourth-order valence-electron chi connectivity index (χ4n) is 2.48. The fourth-order valence-corrected chi connectivity index (χ4v) is 2.48. The molecular weight excluding hydrogens is 248 g/mol. The van der Waals surface area contributed by atoms with Gasteiger partial charge in [-0.1, -0.05) is 12.2 Å². The Morgan fingerprint density at radius 1 is 1.26 bits per heavy atom. The molecule has 6 nitrogen and oxygen atoms in total. The summed E-state index contributed by atoms with van der Waals surface area (Å²) in [5, 5.41) is 14.8. The number of carbonyl (C=O) groups excluding carboxylic acids is 1. The van der Waals surface area contributed by atoms with E-state index in [1.54, 1.807) is 0 Å². The van der Waals surface area contributed by atoms with Crippen molar-refractivity contribution in [1.29, 1.82) is 0 Å². The molecule has 2 aliphatic rings. The molecule has 2 rings (SSSR count). The molecule has 0 aromatic heterocycles. The first-order valence-electron chi connectivity index (χ1n) is 6.67. The first-order valence-corrected chi connectivity index (χ1v) is 6.67. The number of urea groups is 1. The van der Waals surface area contributed by atoms with E-state index in [4.69, 9.17) is 4.74 Å². The number of carbonyl (C=O) groups is 2. The van der Waals surface area contributed by atoms with Crippen LogP contribution in [-0.4, -0.2) is 41.9 Å². The van der Waals surface area contributed by atoms with Crippen molar-refractivity contribution in [2.45, 2.75) is 43.7 Å². The quantitative estimate of drug-likeness (QED) is 0.667. The van der Waals surface area contributed by atoms with Gasteiger partial charge in [-0.2, -0.15) is 0 Å². The SMILES string of the molecule is O=C(NC1CC=CCC1)NC1(C(=O)O)CCOCC1. The molecule has 0 radical (unpaired) electrons. The van der Waals surface area contributed by atoms with Gasteiger partial charge in [0, 0.05) is 32.1 Å². The molecule has 0 aromatic rings. The smallest absolute Gasteiger partial charge is 0.329 e. The number of carboxylic acids is 1. The molecule has 1 heterocycles. The van der Waals surface area contributed by atoms with Crippen molar-refractivity contribution < 1.29 is 19.4 Å². The van der Waals surface area contributed by atoms with Crippen LogP contribution in [0.15, 0.2) is 12.2 Å². The van der Waals surface area contributed by atoms with Crippen LogP contribution in [0.3, 0.4) is 0 Å². The second-order valence-electron chi connectivity index (χ2n) is 5.08. The average molecular weight is 268 g/mol. The molecule has 3 N–H and O–H groups in total. The minimum Gasteiger partial charge on any atom is -0.480 e. The number of nitrogens with one attached hydrogen (secondary N) is 2. The lowest BCUT2D eigenvalue weighted by atomic mass is 9.90. The third kappa shape index (κ3) is 3.47. The molecule has 0 aromatic carbocycles. The maximum Gasteiger partial charge on any atom is 0.329 e. The highest BCUT2D eigenvalue weighted by molar-refractivity contribution is 5.86. The third-order valence-corrected chi connectivity index (χ3v) is 3.71. The molecule has 0 bridgehead atoms. The molecule has 1 fully saturated rings. The molecule has 1 atom stereocenters. The Hall–Kier alpha value is -1.56. The van der Waals surface area contributed by atoms with E-state index >= 15 is 0 Å². The number of hydrogen-bond acceptors (Lipinski definition) is 3. The van der Waals surface area contributed by atoms with E-state index in [2.05, 4.69) is 16.7 Å². The predicted octanol–water partition coefficient (Wildman–Crippen LogP) is 1.03. The summed E-state index contributed by atoms with van der Waals surface area (Å²) in [6.07, 6.45) is 7.39. The monoisotopic (exact) mass is 268 g/mol. The van der Waals surface area contributed by atoms with Crippen molar-refractivity contribution in [3.8, 4) is 0 Å².